The zero-order valence-electron chi connectivity index (χ0n) is 16.2. The van der Waals surface area contributed by atoms with Gasteiger partial charge in [0.15, 0.2) is 0 Å². The lowest BCUT2D eigenvalue weighted by Gasteiger charge is -2.18. The van der Waals surface area contributed by atoms with Gasteiger partial charge in [-0.15, -0.1) is 0 Å². The number of aryl methyl sites for hydroxylation is 1. The van der Waals surface area contributed by atoms with Crippen LogP contribution < -0.4 is 10.6 Å². The van der Waals surface area contributed by atoms with E-state index in [1.165, 1.54) is 12.1 Å². The fourth-order valence-corrected chi connectivity index (χ4v) is 3.12. The molecule has 4 aromatic rings. The Kier molecular flexibility index (Phi) is 5.20. The third-order valence-corrected chi connectivity index (χ3v) is 4.56. The molecule has 2 heterocycles. The molecule has 2 N–H and O–H groups in total. The molecule has 1 atom stereocenters. The van der Waals surface area contributed by atoms with Crippen LogP contribution in [0.3, 0.4) is 0 Å². The monoisotopic (exact) mass is 388 g/mol. The van der Waals surface area contributed by atoms with Crippen LogP contribution in [0.5, 0.6) is 0 Å². The molecule has 0 radical (unpaired) electrons. The molecule has 146 valence electrons. The van der Waals surface area contributed by atoms with Crippen molar-refractivity contribution in [1.82, 2.24) is 19.7 Å². The highest BCUT2D eigenvalue weighted by molar-refractivity contribution is 5.75. The van der Waals surface area contributed by atoms with Gasteiger partial charge in [0.2, 0.25) is 0 Å². The molecule has 0 spiro atoms. The average Bonchev–Trinajstić information content (AvgIpc) is 3.15. The first-order chi connectivity index (χ1) is 14.1. The third kappa shape index (κ3) is 4.57. The van der Waals surface area contributed by atoms with Crippen molar-refractivity contribution in [2.75, 3.05) is 10.6 Å². The second kappa shape index (κ2) is 8.10. The van der Waals surface area contributed by atoms with Gasteiger partial charge in [0.25, 0.3) is 0 Å². The zero-order chi connectivity index (χ0) is 20.2. The second-order valence-corrected chi connectivity index (χ2v) is 6.83. The topological polar surface area (TPSA) is 67.7 Å². The van der Waals surface area contributed by atoms with E-state index in [-0.39, 0.29) is 11.9 Å². The van der Waals surface area contributed by atoms with Crippen molar-refractivity contribution in [2.45, 2.75) is 13.0 Å². The summed E-state index contributed by atoms with van der Waals surface area (Å²) in [5, 5.41) is 11.1. The molecule has 0 saturated heterocycles. The van der Waals surface area contributed by atoms with E-state index in [1.54, 1.807) is 35.4 Å². The van der Waals surface area contributed by atoms with Gasteiger partial charge >= 0.3 is 0 Å². The summed E-state index contributed by atoms with van der Waals surface area (Å²) in [6.45, 7) is 2.04. The summed E-state index contributed by atoms with van der Waals surface area (Å²) in [6, 6.07) is 12.6. The summed E-state index contributed by atoms with van der Waals surface area (Å²) in [7, 11) is 1.89. The molecule has 0 fully saturated rings. The molecule has 0 bridgehead atoms. The second-order valence-electron chi connectivity index (χ2n) is 6.83. The first kappa shape index (κ1) is 18.6. The molecule has 29 heavy (non-hydrogen) atoms. The Morgan fingerprint density at radius 3 is 2.45 bits per heavy atom. The Balaban J connectivity index is 1.66. The lowest BCUT2D eigenvalue weighted by atomic mass is 10.1. The molecule has 0 amide bonds. The number of rotatable bonds is 6. The molecule has 6 nitrogen and oxygen atoms in total. The van der Waals surface area contributed by atoms with Crippen molar-refractivity contribution in [3.8, 4) is 11.1 Å². The van der Waals surface area contributed by atoms with Gasteiger partial charge in [-0.1, -0.05) is 12.1 Å². The Morgan fingerprint density at radius 1 is 0.966 bits per heavy atom. The minimum atomic E-state index is -0.241. The summed E-state index contributed by atoms with van der Waals surface area (Å²) in [5.74, 6) is 0.420. The van der Waals surface area contributed by atoms with Crippen LogP contribution in [-0.4, -0.2) is 19.7 Å². The summed E-state index contributed by atoms with van der Waals surface area (Å²) in [6.07, 6.45) is 8.74. The molecule has 0 aliphatic rings. The fourth-order valence-electron chi connectivity index (χ4n) is 3.12. The maximum atomic E-state index is 13.2. The Labute approximate surface area is 168 Å². The number of hydrogen-bond acceptors (Lipinski definition) is 5. The summed E-state index contributed by atoms with van der Waals surface area (Å²) in [5.41, 5.74) is 4.82. The van der Waals surface area contributed by atoms with Crippen LogP contribution in [0, 0.1) is 5.82 Å². The van der Waals surface area contributed by atoms with E-state index in [2.05, 4.69) is 31.8 Å². The number of aromatic nitrogens is 4. The van der Waals surface area contributed by atoms with Crippen LogP contribution in [0.4, 0.5) is 21.6 Å². The van der Waals surface area contributed by atoms with Gasteiger partial charge in [0, 0.05) is 48.6 Å². The number of halogens is 1. The van der Waals surface area contributed by atoms with Gasteiger partial charge in [-0.2, -0.15) is 5.10 Å². The molecule has 0 aliphatic carbocycles. The van der Waals surface area contributed by atoms with Gasteiger partial charge < -0.3 is 10.6 Å². The summed E-state index contributed by atoms with van der Waals surface area (Å²) >= 11 is 0. The van der Waals surface area contributed by atoms with Crippen LogP contribution in [-0.2, 0) is 7.05 Å². The Morgan fingerprint density at radius 2 is 1.76 bits per heavy atom. The SMILES string of the molecule is C[C@H](Nc1cc(Nc2cnccn2)cc(-c2cnn(C)c2)c1)c1ccc(F)cc1. The van der Waals surface area contributed by atoms with Crippen LogP contribution in [0.25, 0.3) is 11.1 Å². The van der Waals surface area contributed by atoms with Crippen molar-refractivity contribution in [2.24, 2.45) is 7.05 Å². The standard InChI is InChI=1S/C22H21FN6/c1-15(16-3-5-19(23)6-4-16)27-20-9-17(18-12-26-29(2)14-18)10-21(11-20)28-22-13-24-7-8-25-22/h3-15,27H,1-2H3,(H,25,28)/t15-/m0/s1. The molecule has 7 heteroatoms. The lowest BCUT2D eigenvalue weighted by molar-refractivity contribution is 0.626. The van der Waals surface area contributed by atoms with Crippen molar-refractivity contribution < 1.29 is 4.39 Å². The number of hydrogen-bond donors (Lipinski definition) is 2. The summed E-state index contributed by atoms with van der Waals surface area (Å²) < 4.78 is 15.0. The number of anilines is 3. The molecule has 0 aliphatic heterocycles. The van der Waals surface area contributed by atoms with E-state index in [4.69, 9.17) is 0 Å². The van der Waals surface area contributed by atoms with Gasteiger partial charge in [0.05, 0.1) is 12.4 Å². The van der Waals surface area contributed by atoms with Crippen molar-refractivity contribution in [1.29, 1.82) is 0 Å². The van der Waals surface area contributed by atoms with Crippen molar-refractivity contribution in [3.05, 3.63) is 84.8 Å². The first-order valence-corrected chi connectivity index (χ1v) is 9.26. The number of nitrogens with one attached hydrogen (secondary N) is 2. The summed E-state index contributed by atoms with van der Waals surface area (Å²) in [4.78, 5) is 8.38. The molecule has 2 aromatic heterocycles. The minimum Gasteiger partial charge on any atom is -0.378 e. The van der Waals surface area contributed by atoms with Gasteiger partial charge in [0.1, 0.15) is 11.6 Å². The first-order valence-electron chi connectivity index (χ1n) is 9.26. The van der Waals surface area contributed by atoms with Crippen LogP contribution in [0.1, 0.15) is 18.5 Å². The fraction of sp³-hybridized carbons (Fsp3) is 0.136. The van der Waals surface area contributed by atoms with Gasteiger partial charge in [-0.3, -0.25) is 9.67 Å². The van der Waals surface area contributed by atoms with E-state index < -0.39 is 0 Å². The molecule has 0 saturated carbocycles. The molecule has 4 rings (SSSR count). The molecule has 0 unspecified atom stereocenters. The molecule has 2 aromatic carbocycles. The number of benzene rings is 2. The van der Waals surface area contributed by atoms with Gasteiger partial charge in [-0.05, 0) is 48.4 Å². The lowest BCUT2D eigenvalue weighted by Crippen LogP contribution is -2.07. The zero-order valence-corrected chi connectivity index (χ0v) is 16.2. The minimum absolute atomic E-state index is 0.00381. The quantitative estimate of drug-likeness (QED) is 0.490. The predicted molar refractivity (Wildman–Crippen MR) is 112 cm³/mol. The number of nitrogens with zero attached hydrogens (tertiary/aromatic N) is 4. The highest BCUT2D eigenvalue weighted by Crippen LogP contribution is 2.30. The van der Waals surface area contributed by atoms with Crippen LogP contribution in [0.2, 0.25) is 0 Å². The van der Waals surface area contributed by atoms with E-state index in [0.717, 1.165) is 28.1 Å². The maximum absolute atomic E-state index is 13.2. The van der Waals surface area contributed by atoms with Crippen LogP contribution >= 0.6 is 0 Å². The highest BCUT2D eigenvalue weighted by Gasteiger charge is 2.10. The van der Waals surface area contributed by atoms with E-state index >= 15 is 0 Å². The van der Waals surface area contributed by atoms with E-state index in [9.17, 15) is 4.39 Å². The molecular formula is C22H21FN6. The Hall–Kier alpha value is -3.74. The maximum Gasteiger partial charge on any atom is 0.148 e. The van der Waals surface area contributed by atoms with Crippen molar-refractivity contribution >= 4 is 17.2 Å². The highest BCUT2D eigenvalue weighted by atomic mass is 19.1. The normalized spacial score (nSPS) is 11.8. The van der Waals surface area contributed by atoms with E-state index in [0.29, 0.717) is 5.82 Å². The van der Waals surface area contributed by atoms with Crippen LogP contribution in [0.15, 0.2) is 73.4 Å². The van der Waals surface area contributed by atoms with E-state index in [1.807, 2.05) is 38.5 Å². The van der Waals surface area contributed by atoms with Gasteiger partial charge in [-0.25, -0.2) is 9.37 Å². The Bertz CT molecular complexity index is 1090. The van der Waals surface area contributed by atoms with Crippen molar-refractivity contribution in [3.63, 3.8) is 0 Å². The smallest absolute Gasteiger partial charge is 0.148 e. The largest absolute Gasteiger partial charge is 0.378 e. The molecular weight excluding hydrogens is 367 g/mol. The average molecular weight is 388 g/mol. The third-order valence-electron chi connectivity index (χ3n) is 4.56. The predicted octanol–water partition coefficient (Wildman–Crippen LogP) is 4.93.